The van der Waals surface area contributed by atoms with Gasteiger partial charge in [-0.1, -0.05) is 34.6 Å². The van der Waals surface area contributed by atoms with Crippen LogP contribution in [0.3, 0.4) is 0 Å². The van der Waals surface area contributed by atoms with Crippen LogP contribution in [0.5, 0.6) is 0 Å². The molecule has 1 aliphatic heterocycles. The van der Waals surface area contributed by atoms with Crippen LogP contribution < -0.4 is 0 Å². The Labute approximate surface area is 274 Å². The molecule has 14 unspecified atom stereocenters. The van der Waals surface area contributed by atoms with E-state index in [9.17, 15) is 29.4 Å². The van der Waals surface area contributed by atoms with Gasteiger partial charge in [0, 0.05) is 48.3 Å². The minimum Gasteiger partial charge on any atom is -0.472 e. The summed E-state index contributed by atoms with van der Waals surface area (Å²) in [5, 5.41) is 23.6. The Kier molecular flexibility index (Phi) is 7.77. The van der Waals surface area contributed by atoms with E-state index in [1.165, 1.54) is 21.0 Å². The lowest BCUT2D eigenvalue weighted by molar-refractivity contribution is -0.330. The van der Waals surface area contributed by atoms with Crippen LogP contribution in [0.4, 0.5) is 0 Å². The normalized spacial score (nSPS) is 47.9. The summed E-state index contributed by atoms with van der Waals surface area (Å²) < 4.78 is 36.5. The van der Waals surface area contributed by atoms with E-state index in [0.717, 1.165) is 5.56 Å². The summed E-state index contributed by atoms with van der Waals surface area (Å²) in [5.41, 5.74) is -5.22. The second-order valence-electron chi connectivity index (χ2n) is 15.6. The van der Waals surface area contributed by atoms with Crippen molar-refractivity contribution < 1.29 is 57.5 Å². The molecule has 12 heteroatoms. The van der Waals surface area contributed by atoms with Crippen molar-refractivity contribution in [2.24, 2.45) is 39.4 Å². The van der Waals surface area contributed by atoms with E-state index in [-0.39, 0.29) is 24.9 Å². The molecule has 5 aliphatic rings. The molecule has 1 aromatic heterocycles. The highest BCUT2D eigenvalue weighted by Crippen LogP contribution is 2.83. The number of epoxide rings is 1. The second-order valence-corrected chi connectivity index (χ2v) is 15.6. The van der Waals surface area contributed by atoms with Crippen LogP contribution in [0.25, 0.3) is 0 Å². The second kappa shape index (κ2) is 10.8. The molecule has 2 N–H and O–H groups in total. The number of furan rings is 1. The van der Waals surface area contributed by atoms with Crippen molar-refractivity contribution in [3.05, 3.63) is 24.2 Å². The van der Waals surface area contributed by atoms with Crippen molar-refractivity contribution in [3.63, 3.8) is 0 Å². The van der Waals surface area contributed by atoms with E-state index in [0.29, 0.717) is 6.42 Å². The summed E-state index contributed by atoms with van der Waals surface area (Å²) in [7, 11) is 1.24. The summed E-state index contributed by atoms with van der Waals surface area (Å²) in [5.74, 6) is -4.93. The summed E-state index contributed by atoms with van der Waals surface area (Å²) in [6.45, 7) is 13.4. The summed E-state index contributed by atoms with van der Waals surface area (Å²) >= 11 is 0. The Hall–Kier alpha value is -2.96. The number of aliphatic hydroxyl groups excluding tert-OH is 2. The van der Waals surface area contributed by atoms with Gasteiger partial charge in [0.25, 0.3) is 0 Å². The minimum absolute atomic E-state index is 0.0795. The van der Waals surface area contributed by atoms with Crippen LogP contribution in [0, 0.1) is 39.4 Å². The topological polar surface area (TPSA) is 171 Å². The van der Waals surface area contributed by atoms with E-state index >= 15 is 0 Å². The highest BCUT2D eigenvalue weighted by atomic mass is 16.6. The molecular formula is C35H48O12. The molecule has 0 bridgehead atoms. The Morgan fingerprint density at radius 2 is 1.57 bits per heavy atom. The first-order valence-corrected chi connectivity index (χ1v) is 16.6. The van der Waals surface area contributed by atoms with E-state index < -0.39 is 99.4 Å². The number of hydrogen-bond acceptors (Lipinski definition) is 12. The molecule has 47 heavy (non-hydrogen) atoms. The van der Waals surface area contributed by atoms with E-state index in [2.05, 4.69) is 0 Å². The number of methoxy groups -OCH3 is 1. The van der Waals surface area contributed by atoms with Gasteiger partial charge >= 0.3 is 23.9 Å². The van der Waals surface area contributed by atoms with E-state index in [4.69, 9.17) is 28.1 Å². The van der Waals surface area contributed by atoms with Crippen molar-refractivity contribution in [2.45, 2.75) is 123 Å². The molecule has 260 valence electrons. The van der Waals surface area contributed by atoms with E-state index in [1.54, 1.807) is 33.3 Å². The molecule has 14 atom stereocenters. The zero-order chi connectivity index (χ0) is 34.6. The number of carbonyl (C=O) groups excluding carboxylic acids is 4. The number of hydrogen-bond donors (Lipinski definition) is 2. The van der Waals surface area contributed by atoms with Crippen LogP contribution >= 0.6 is 0 Å². The molecule has 4 aliphatic carbocycles. The fraction of sp³-hybridized carbons (Fsp3) is 0.771. The number of esters is 4. The average Bonchev–Trinajstić information content (AvgIpc) is 3.35. The first-order valence-electron chi connectivity index (χ1n) is 16.6. The zero-order valence-corrected chi connectivity index (χ0v) is 28.6. The van der Waals surface area contributed by atoms with Crippen LogP contribution in [0.15, 0.2) is 23.0 Å². The lowest BCUT2D eigenvalue weighted by atomic mass is 9.33. The molecule has 5 fully saturated rings. The Morgan fingerprint density at radius 1 is 0.915 bits per heavy atom. The van der Waals surface area contributed by atoms with Gasteiger partial charge in [-0.25, -0.2) is 0 Å². The van der Waals surface area contributed by atoms with Crippen molar-refractivity contribution in [2.75, 3.05) is 7.11 Å². The first-order chi connectivity index (χ1) is 21.9. The third-order valence-corrected chi connectivity index (χ3v) is 13.4. The van der Waals surface area contributed by atoms with Crippen LogP contribution in [-0.4, -0.2) is 83.4 Å². The fourth-order valence-electron chi connectivity index (χ4n) is 11.4. The van der Waals surface area contributed by atoms with Gasteiger partial charge in [0.2, 0.25) is 0 Å². The average molecular weight is 661 g/mol. The lowest BCUT2D eigenvalue weighted by Gasteiger charge is -2.72. The smallest absolute Gasteiger partial charge is 0.314 e. The molecule has 12 nitrogen and oxygen atoms in total. The van der Waals surface area contributed by atoms with Crippen molar-refractivity contribution in [1.82, 2.24) is 0 Å². The zero-order valence-electron chi connectivity index (χ0n) is 28.6. The molecule has 0 aromatic carbocycles. The molecule has 4 saturated carbocycles. The van der Waals surface area contributed by atoms with Crippen LogP contribution in [-0.2, 0) is 42.9 Å². The van der Waals surface area contributed by atoms with Gasteiger partial charge in [-0.05, 0) is 37.3 Å². The number of rotatable bonds is 6. The molecule has 1 saturated heterocycles. The van der Waals surface area contributed by atoms with E-state index in [1.807, 2.05) is 26.8 Å². The Bertz CT molecular complexity index is 1460. The van der Waals surface area contributed by atoms with Gasteiger partial charge in [-0.15, -0.1) is 0 Å². The minimum atomic E-state index is -1.54. The summed E-state index contributed by atoms with van der Waals surface area (Å²) in [6.07, 6.45) is -2.37. The maximum absolute atomic E-state index is 13.7. The highest BCUT2D eigenvalue weighted by Gasteiger charge is 2.92. The van der Waals surface area contributed by atoms with Gasteiger partial charge < -0.3 is 38.3 Å². The summed E-state index contributed by atoms with van der Waals surface area (Å²) in [4.78, 5) is 53.3. The molecule has 0 amide bonds. The number of aliphatic hydroxyl groups is 2. The van der Waals surface area contributed by atoms with Crippen LogP contribution in [0.1, 0.15) is 86.1 Å². The molecule has 6 rings (SSSR count). The Morgan fingerprint density at radius 3 is 2.13 bits per heavy atom. The quantitative estimate of drug-likeness (QED) is 0.260. The van der Waals surface area contributed by atoms with Gasteiger partial charge in [0.15, 0.2) is 0 Å². The van der Waals surface area contributed by atoms with Crippen molar-refractivity contribution in [3.8, 4) is 0 Å². The fourth-order valence-corrected chi connectivity index (χ4v) is 11.4. The number of fused-ring (bicyclic) bond motifs is 3. The van der Waals surface area contributed by atoms with Crippen molar-refractivity contribution >= 4 is 23.9 Å². The number of carbonyl (C=O) groups is 4. The predicted molar refractivity (Wildman–Crippen MR) is 162 cm³/mol. The molecule has 2 heterocycles. The van der Waals surface area contributed by atoms with Crippen molar-refractivity contribution in [1.29, 1.82) is 0 Å². The first kappa shape index (κ1) is 33.9. The van der Waals surface area contributed by atoms with Gasteiger partial charge in [0.1, 0.15) is 23.9 Å². The number of ether oxygens (including phenoxy) is 5. The predicted octanol–water partition coefficient (Wildman–Crippen LogP) is 3.31. The largest absolute Gasteiger partial charge is 0.472 e. The van der Waals surface area contributed by atoms with Gasteiger partial charge in [-0.2, -0.15) is 0 Å². The maximum Gasteiger partial charge on any atom is 0.314 e. The Balaban J connectivity index is 1.68. The molecule has 1 aromatic rings. The SMILES string of the molecule is COC(=O)C1(C)C(O)CC(O)C2(C)C1CC(OC(C)=O)C1(C)C2C(OC(=O)C(C)C)C(OC(C)=O)C2(C)C(c3ccoc3)CC3OC321. The van der Waals surface area contributed by atoms with Crippen LogP contribution in [0.2, 0.25) is 0 Å². The molecular weight excluding hydrogens is 612 g/mol. The summed E-state index contributed by atoms with van der Waals surface area (Å²) in [6, 6.07) is 1.86. The highest BCUT2D eigenvalue weighted by molar-refractivity contribution is 5.78. The third kappa shape index (κ3) is 4.10. The molecule has 0 radical (unpaired) electrons. The lowest BCUT2D eigenvalue weighted by Crippen LogP contribution is -2.80. The standard InChI is InChI=1S/C35H48O12/c1-16(2)29(40)46-26-27-31(5)21(32(6,30(41)42-9)23(39)14-22(31)38)13-24(44-17(3)36)34(27,8)35-25(47-35)12-20(19-10-11-43-15-19)33(35,7)28(26)45-18(4)37/h10-11,15-16,20-28,38-39H,12-14H2,1-9H3. The third-order valence-electron chi connectivity index (χ3n) is 13.4. The van der Waals surface area contributed by atoms with Gasteiger partial charge in [0.05, 0.1) is 49.3 Å². The molecule has 1 spiro atoms. The monoisotopic (exact) mass is 660 g/mol. The maximum atomic E-state index is 13.7. The van der Waals surface area contributed by atoms with Gasteiger partial charge in [-0.3, -0.25) is 19.2 Å².